The summed E-state index contributed by atoms with van der Waals surface area (Å²) in [7, 11) is 0. The van der Waals surface area contributed by atoms with Crippen LogP contribution in [-0.4, -0.2) is 69.8 Å². The molecule has 1 aliphatic heterocycles. The average Bonchev–Trinajstić information content (AvgIpc) is 2.61. The second-order valence-electron chi connectivity index (χ2n) is 5.58. The van der Waals surface area contributed by atoms with Gasteiger partial charge in [0.1, 0.15) is 0 Å². The van der Waals surface area contributed by atoms with E-state index < -0.39 is 0 Å². The molecule has 0 amide bonds. The van der Waals surface area contributed by atoms with Crippen LogP contribution in [0.1, 0.15) is 13.8 Å². The maximum atomic E-state index is 5.44. The molecule has 0 aromatic heterocycles. The van der Waals surface area contributed by atoms with Crippen LogP contribution in [0.15, 0.2) is 33.9 Å². The molecule has 0 fully saturated rings. The molecule has 6 N–H and O–H groups in total. The van der Waals surface area contributed by atoms with Crippen molar-refractivity contribution in [2.45, 2.75) is 19.9 Å². The minimum atomic E-state index is 0. The van der Waals surface area contributed by atoms with Gasteiger partial charge in [-0.3, -0.25) is 9.98 Å². The molecule has 0 saturated carbocycles. The van der Waals surface area contributed by atoms with Crippen molar-refractivity contribution in [2.75, 3.05) is 52.4 Å². The van der Waals surface area contributed by atoms with Gasteiger partial charge in [-0.05, 0) is 19.6 Å². The molecule has 145 valence electrons. The molecule has 8 heteroatoms. The van der Waals surface area contributed by atoms with E-state index in [1.54, 1.807) is 0 Å². The summed E-state index contributed by atoms with van der Waals surface area (Å²) in [5.74, 6) is 0. The molecule has 1 unspecified atom stereocenters. The van der Waals surface area contributed by atoms with Crippen molar-refractivity contribution in [3.63, 3.8) is 0 Å². The van der Waals surface area contributed by atoms with Crippen molar-refractivity contribution < 1.29 is 17.1 Å². The zero-order valence-corrected chi connectivity index (χ0v) is 16.2. The zero-order chi connectivity index (χ0) is 17.6. The Balaban J connectivity index is 0.00000576. The van der Waals surface area contributed by atoms with Crippen molar-refractivity contribution in [3.05, 3.63) is 29.2 Å². The van der Waals surface area contributed by atoms with Crippen LogP contribution in [0.5, 0.6) is 0 Å². The summed E-state index contributed by atoms with van der Waals surface area (Å²) < 4.78 is 0. The van der Waals surface area contributed by atoms with E-state index in [4.69, 9.17) is 16.8 Å². The fourth-order valence-electron chi connectivity index (χ4n) is 2.18. The summed E-state index contributed by atoms with van der Waals surface area (Å²) in [6.45, 7) is 10.1. The molecule has 1 aliphatic rings. The molecule has 25 heavy (non-hydrogen) atoms. The molecule has 7 nitrogen and oxygen atoms in total. The van der Waals surface area contributed by atoms with Crippen LogP contribution in [0.2, 0.25) is 0 Å². The minimum Gasteiger partial charge on any atom is -0.672 e. The summed E-state index contributed by atoms with van der Waals surface area (Å²) in [4.78, 5) is 9.15. The number of nitrogens with two attached hydrogens (primary N) is 2. The van der Waals surface area contributed by atoms with Crippen molar-refractivity contribution in [2.24, 2.45) is 21.5 Å². The maximum Gasteiger partial charge on any atom is 2.00 e. The minimum absolute atomic E-state index is 0. The zero-order valence-electron chi connectivity index (χ0n) is 15.3. The Hall–Kier alpha value is -1.02. The van der Waals surface area contributed by atoms with Gasteiger partial charge in [0.25, 0.3) is 0 Å². The van der Waals surface area contributed by atoms with Gasteiger partial charge < -0.3 is 27.4 Å². The van der Waals surface area contributed by atoms with E-state index in [1.807, 2.05) is 26.0 Å². The second kappa shape index (κ2) is 15.3. The molecule has 1 heterocycles. The van der Waals surface area contributed by atoms with Gasteiger partial charge in [-0.1, -0.05) is 24.3 Å². The molecule has 0 spiro atoms. The van der Waals surface area contributed by atoms with Gasteiger partial charge in [0, 0.05) is 45.0 Å². The van der Waals surface area contributed by atoms with E-state index in [2.05, 4.69) is 26.7 Å². The summed E-state index contributed by atoms with van der Waals surface area (Å²) in [5, 5.41) is 11.2. The number of rotatable bonds is 12. The van der Waals surface area contributed by atoms with Crippen LogP contribution in [0, 0.1) is 0 Å². The number of aliphatic imine (C=N–C) groups is 2. The molecule has 0 aromatic rings. The van der Waals surface area contributed by atoms with Crippen molar-refractivity contribution in [3.8, 4) is 0 Å². The first kappa shape index (κ1) is 24.0. The van der Waals surface area contributed by atoms with Gasteiger partial charge in [0.05, 0.1) is 13.1 Å². The fourth-order valence-corrected chi connectivity index (χ4v) is 2.18. The van der Waals surface area contributed by atoms with Gasteiger partial charge in [0.15, 0.2) is 0 Å². The normalized spacial score (nSPS) is 17.8. The van der Waals surface area contributed by atoms with Crippen LogP contribution in [0.4, 0.5) is 0 Å². The molecule has 0 aromatic carbocycles. The summed E-state index contributed by atoms with van der Waals surface area (Å²) in [6.07, 6.45) is 6.09. The standard InChI is InChI=1S/C17H32N7.Cu/c1-14(22-12-10-20-8-6-18)16-4-3-5-17(24-16)15(2)23-13-11-21-9-7-19;/h3-5,16,20-21H,6-13,18-19H2,1-2H3;/q-1;+2. The van der Waals surface area contributed by atoms with Crippen molar-refractivity contribution in [1.82, 2.24) is 10.6 Å². The molecule has 0 saturated heterocycles. The topological polar surface area (TPSA) is 115 Å². The van der Waals surface area contributed by atoms with Crippen molar-refractivity contribution in [1.29, 1.82) is 0 Å². The number of hydrogen-bond donors (Lipinski definition) is 4. The maximum absolute atomic E-state index is 5.44. The van der Waals surface area contributed by atoms with Gasteiger partial charge in [-0.2, -0.15) is 0 Å². The average molecular weight is 398 g/mol. The Morgan fingerprint density at radius 3 is 2.24 bits per heavy atom. The molecular formula is C17H32CuN7+. The van der Waals surface area contributed by atoms with Gasteiger partial charge in [-0.25, -0.2) is 0 Å². The van der Waals surface area contributed by atoms with E-state index in [0.717, 1.165) is 56.4 Å². The Kier molecular flexibility index (Phi) is 14.6. The molecule has 0 bridgehead atoms. The van der Waals surface area contributed by atoms with E-state index >= 15 is 0 Å². The number of hydrogen-bond acceptors (Lipinski definition) is 6. The number of nitrogens with zero attached hydrogens (tertiary/aromatic N) is 3. The van der Waals surface area contributed by atoms with Gasteiger partial charge in [0.2, 0.25) is 0 Å². The largest absolute Gasteiger partial charge is 2.00 e. The predicted octanol–water partition coefficient (Wildman–Crippen LogP) is 0.198. The first-order valence-electron chi connectivity index (χ1n) is 8.62. The molecule has 1 rings (SSSR count). The van der Waals surface area contributed by atoms with Crippen LogP contribution >= 0.6 is 0 Å². The van der Waals surface area contributed by atoms with Crippen LogP contribution in [0.25, 0.3) is 5.32 Å². The SMILES string of the molecule is CC(=NCCNCCN)C1=CC=CC(C(C)=NCCNCCN)[N-]1.[Cu+2]. The molecule has 1 atom stereocenters. The van der Waals surface area contributed by atoms with Crippen LogP contribution in [0.3, 0.4) is 0 Å². The predicted molar refractivity (Wildman–Crippen MR) is 104 cm³/mol. The Labute approximate surface area is 162 Å². The Morgan fingerprint density at radius 1 is 1.04 bits per heavy atom. The monoisotopic (exact) mass is 397 g/mol. The fraction of sp³-hybridized carbons (Fsp3) is 0.647. The first-order valence-corrected chi connectivity index (χ1v) is 8.62. The summed E-state index contributed by atoms with van der Waals surface area (Å²) >= 11 is 0. The molecule has 1 radical (unpaired) electrons. The third-order valence-electron chi connectivity index (χ3n) is 3.55. The van der Waals surface area contributed by atoms with Gasteiger partial charge >= 0.3 is 17.1 Å². The van der Waals surface area contributed by atoms with E-state index in [9.17, 15) is 0 Å². The van der Waals surface area contributed by atoms with Crippen molar-refractivity contribution >= 4 is 11.4 Å². The van der Waals surface area contributed by atoms with E-state index in [0.29, 0.717) is 13.1 Å². The summed E-state index contributed by atoms with van der Waals surface area (Å²) in [6, 6.07) is 0.0000219. The second-order valence-corrected chi connectivity index (χ2v) is 5.58. The number of allylic oxidation sites excluding steroid dienone is 3. The smallest absolute Gasteiger partial charge is 0.672 e. The Bertz CT molecular complexity index is 472. The third kappa shape index (κ3) is 10.5. The Morgan fingerprint density at radius 2 is 1.64 bits per heavy atom. The summed E-state index contributed by atoms with van der Waals surface area (Å²) in [5.41, 5.74) is 13.8. The van der Waals surface area contributed by atoms with Crippen LogP contribution < -0.4 is 22.1 Å². The third-order valence-corrected chi connectivity index (χ3v) is 3.55. The molecule has 0 aliphatic carbocycles. The van der Waals surface area contributed by atoms with E-state index in [-0.39, 0.29) is 23.1 Å². The van der Waals surface area contributed by atoms with E-state index in [1.165, 1.54) is 0 Å². The number of nitrogens with one attached hydrogen (secondary N) is 2. The quantitative estimate of drug-likeness (QED) is 0.214. The first-order chi connectivity index (χ1) is 11.7. The molecular weight excluding hydrogens is 366 g/mol. The van der Waals surface area contributed by atoms with Crippen LogP contribution in [-0.2, 0) is 17.1 Å². The van der Waals surface area contributed by atoms with Gasteiger partial charge in [-0.15, -0.1) is 5.70 Å².